The summed E-state index contributed by atoms with van der Waals surface area (Å²) in [7, 11) is 4.18. The fraction of sp³-hybridized carbons (Fsp3) is 0.700. The number of hydrogen-bond donors (Lipinski definition) is 0. The van der Waals surface area contributed by atoms with Gasteiger partial charge in [-0.2, -0.15) is 5.10 Å². The van der Waals surface area contributed by atoms with E-state index < -0.39 is 0 Å². The molecule has 1 aromatic rings. The summed E-state index contributed by atoms with van der Waals surface area (Å²) in [4.78, 5) is 2.33. The molecule has 0 saturated heterocycles. The predicted octanol–water partition coefficient (Wildman–Crippen LogP) is 1.28. The molecule has 0 saturated carbocycles. The van der Waals surface area contributed by atoms with Crippen LogP contribution in [0.4, 0.5) is 0 Å². The van der Waals surface area contributed by atoms with E-state index in [1.807, 2.05) is 11.7 Å². The maximum absolute atomic E-state index is 4.53. The molecule has 0 amide bonds. The van der Waals surface area contributed by atoms with Crippen LogP contribution in [-0.4, -0.2) is 28.3 Å². The second-order valence-electron chi connectivity index (χ2n) is 4.17. The van der Waals surface area contributed by atoms with Crippen LogP contribution in [0.2, 0.25) is 0 Å². The van der Waals surface area contributed by atoms with Crippen LogP contribution in [0.15, 0.2) is 0 Å². The second-order valence-corrected chi connectivity index (χ2v) is 4.17. The molecule has 1 atom stereocenters. The first-order valence-corrected chi connectivity index (χ1v) is 4.80. The molecule has 0 bridgehead atoms. The largest absolute Gasteiger partial charge is 0.300 e. The summed E-state index contributed by atoms with van der Waals surface area (Å²) in [5.41, 5.74) is 4.07. The summed E-state index contributed by atoms with van der Waals surface area (Å²) in [5, 5.41) is 4.53. The number of fused-ring (bicyclic) bond motifs is 1. The van der Waals surface area contributed by atoms with Gasteiger partial charge in [-0.15, -0.1) is 0 Å². The van der Waals surface area contributed by atoms with Gasteiger partial charge in [-0.05, 0) is 19.9 Å². The maximum atomic E-state index is 4.53. The maximum Gasteiger partial charge on any atom is 0.0802 e. The molecule has 0 radical (unpaired) electrons. The van der Waals surface area contributed by atoms with Gasteiger partial charge in [-0.3, -0.25) is 9.58 Å². The number of hydrogen-bond acceptors (Lipinski definition) is 2. The highest BCUT2D eigenvalue weighted by atomic mass is 15.3. The molecule has 0 aliphatic carbocycles. The van der Waals surface area contributed by atoms with Gasteiger partial charge in [-0.25, -0.2) is 0 Å². The first kappa shape index (κ1) is 8.75. The molecule has 0 aromatic carbocycles. The molecule has 3 nitrogen and oxygen atoms in total. The van der Waals surface area contributed by atoms with E-state index in [1.54, 1.807) is 0 Å². The van der Waals surface area contributed by atoms with Crippen molar-refractivity contribution in [3.8, 4) is 0 Å². The van der Waals surface area contributed by atoms with Crippen molar-refractivity contribution in [2.24, 2.45) is 7.05 Å². The first-order chi connectivity index (χ1) is 6.09. The van der Waals surface area contributed by atoms with E-state index in [9.17, 15) is 0 Å². The monoisotopic (exact) mass is 179 g/mol. The van der Waals surface area contributed by atoms with Crippen LogP contribution >= 0.6 is 0 Å². The molecule has 1 unspecified atom stereocenters. The molecule has 13 heavy (non-hydrogen) atoms. The topological polar surface area (TPSA) is 21.1 Å². The lowest BCUT2D eigenvalue weighted by Gasteiger charge is -2.27. The third-order valence-electron chi connectivity index (χ3n) is 2.95. The van der Waals surface area contributed by atoms with Gasteiger partial charge in [0.25, 0.3) is 0 Å². The van der Waals surface area contributed by atoms with Gasteiger partial charge in [0.1, 0.15) is 0 Å². The van der Waals surface area contributed by atoms with Gasteiger partial charge in [0.15, 0.2) is 0 Å². The molecule has 2 rings (SSSR count). The van der Waals surface area contributed by atoms with Gasteiger partial charge in [0.05, 0.1) is 5.69 Å². The highest BCUT2D eigenvalue weighted by molar-refractivity contribution is 5.31. The second kappa shape index (κ2) is 2.84. The standard InChI is InChI=1S/C10H17N3/c1-7-5-12(3)6-9-10(7)8(2)13(4)11-9/h7H,5-6H2,1-4H3. The lowest BCUT2D eigenvalue weighted by molar-refractivity contribution is 0.284. The third kappa shape index (κ3) is 1.27. The van der Waals surface area contributed by atoms with Crippen LogP contribution in [0.5, 0.6) is 0 Å². The molecule has 0 spiro atoms. The Labute approximate surface area is 79.3 Å². The molecular weight excluding hydrogens is 162 g/mol. The Hall–Kier alpha value is -0.830. The van der Waals surface area contributed by atoms with Crippen LogP contribution in [0.3, 0.4) is 0 Å². The summed E-state index contributed by atoms with van der Waals surface area (Å²) in [6, 6.07) is 0. The normalized spacial score (nSPS) is 23.2. The van der Waals surface area contributed by atoms with Gasteiger partial charge < -0.3 is 0 Å². The van der Waals surface area contributed by atoms with Gasteiger partial charge in [0.2, 0.25) is 0 Å². The van der Waals surface area contributed by atoms with Crippen LogP contribution in [0, 0.1) is 6.92 Å². The van der Waals surface area contributed by atoms with Gasteiger partial charge in [-0.1, -0.05) is 6.92 Å². The van der Waals surface area contributed by atoms with E-state index in [2.05, 4.69) is 30.9 Å². The smallest absolute Gasteiger partial charge is 0.0802 e. The average molecular weight is 179 g/mol. The number of aryl methyl sites for hydroxylation is 1. The number of nitrogens with zero attached hydrogens (tertiary/aromatic N) is 3. The van der Waals surface area contributed by atoms with E-state index in [1.165, 1.54) is 17.0 Å². The summed E-state index contributed by atoms with van der Waals surface area (Å²) < 4.78 is 2.00. The minimum absolute atomic E-state index is 0.627. The number of aromatic nitrogens is 2. The van der Waals surface area contributed by atoms with Crippen molar-refractivity contribution in [1.82, 2.24) is 14.7 Å². The number of rotatable bonds is 0. The van der Waals surface area contributed by atoms with Crippen molar-refractivity contribution < 1.29 is 0 Å². The molecular formula is C10H17N3. The SMILES string of the molecule is Cc1c2c(nn1C)CN(C)CC2C. The fourth-order valence-electron chi connectivity index (χ4n) is 2.33. The van der Waals surface area contributed by atoms with Crippen LogP contribution in [0.25, 0.3) is 0 Å². The molecule has 0 N–H and O–H groups in total. The van der Waals surface area contributed by atoms with E-state index in [4.69, 9.17) is 0 Å². The van der Waals surface area contributed by atoms with Crippen molar-refractivity contribution >= 4 is 0 Å². The summed E-state index contributed by atoms with van der Waals surface area (Å²) in [6.45, 7) is 6.59. The average Bonchev–Trinajstić information content (AvgIpc) is 2.27. The predicted molar refractivity (Wildman–Crippen MR) is 52.7 cm³/mol. The minimum Gasteiger partial charge on any atom is -0.300 e. The van der Waals surface area contributed by atoms with Crippen LogP contribution in [0.1, 0.15) is 29.8 Å². The number of likely N-dealkylation sites (N-methyl/N-ethyl adjacent to an activating group) is 1. The Morgan fingerprint density at radius 1 is 1.38 bits per heavy atom. The molecule has 0 fully saturated rings. The Morgan fingerprint density at radius 3 is 2.77 bits per heavy atom. The van der Waals surface area contributed by atoms with E-state index >= 15 is 0 Å². The van der Waals surface area contributed by atoms with Crippen molar-refractivity contribution in [2.45, 2.75) is 26.3 Å². The van der Waals surface area contributed by atoms with E-state index in [0.717, 1.165) is 13.1 Å². The van der Waals surface area contributed by atoms with Crippen molar-refractivity contribution in [1.29, 1.82) is 0 Å². The highest BCUT2D eigenvalue weighted by Crippen LogP contribution is 2.28. The zero-order valence-corrected chi connectivity index (χ0v) is 8.83. The molecule has 1 aromatic heterocycles. The van der Waals surface area contributed by atoms with Crippen molar-refractivity contribution in [3.05, 3.63) is 17.0 Å². The van der Waals surface area contributed by atoms with Crippen LogP contribution in [-0.2, 0) is 13.6 Å². The van der Waals surface area contributed by atoms with Crippen molar-refractivity contribution in [2.75, 3.05) is 13.6 Å². The quantitative estimate of drug-likeness (QED) is 0.598. The molecule has 3 heteroatoms. The summed E-state index contributed by atoms with van der Waals surface area (Å²) in [6.07, 6.45) is 0. The van der Waals surface area contributed by atoms with Crippen molar-refractivity contribution in [3.63, 3.8) is 0 Å². The molecule has 2 heterocycles. The fourth-order valence-corrected chi connectivity index (χ4v) is 2.33. The zero-order valence-electron chi connectivity index (χ0n) is 8.83. The third-order valence-corrected chi connectivity index (χ3v) is 2.95. The summed E-state index contributed by atoms with van der Waals surface area (Å²) in [5.74, 6) is 0.627. The molecule has 72 valence electrons. The minimum atomic E-state index is 0.627. The summed E-state index contributed by atoms with van der Waals surface area (Å²) >= 11 is 0. The van der Waals surface area contributed by atoms with Gasteiger partial charge in [0, 0.05) is 31.4 Å². The Bertz CT molecular complexity index is 327. The lowest BCUT2D eigenvalue weighted by atomic mass is 9.95. The van der Waals surface area contributed by atoms with E-state index in [-0.39, 0.29) is 0 Å². The molecule has 1 aliphatic heterocycles. The highest BCUT2D eigenvalue weighted by Gasteiger charge is 2.25. The van der Waals surface area contributed by atoms with Gasteiger partial charge >= 0.3 is 0 Å². The Kier molecular flexibility index (Phi) is 1.91. The Morgan fingerprint density at radius 2 is 2.08 bits per heavy atom. The lowest BCUT2D eigenvalue weighted by Crippen LogP contribution is -2.29. The zero-order chi connectivity index (χ0) is 9.59. The van der Waals surface area contributed by atoms with E-state index in [0.29, 0.717) is 5.92 Å². The molecule has 1 aliphatic rings. The first-order valence-electron chi connectivity index (χ1n) is 4.80. The Balaban J connectivity index is 2.49. The van der Waals surface area contributed by atoms with Crippen LogP contribution < -0.4 is 0 Å².